The summed E-state index contributed by atoms with van der Waals surface area (Å²) in [6.45, 7) is -0.344. The van der Waals surface area contributed by atoms with Crippen molar-refractivity contribution >= 4 is 22.6 Å². The van der Waals surface area contributed by atoms with Crippen LogP contribution in [0.4, 0.5) is 4.39 Å². The number of amides is 1. The van der Waals surface area contributed by atoms with Crippen molar-refractivity contribution in [1.82, 2.24) is 4.90 Å². The van der Waals surface area contributed by atoms with Gasteiger partial charge in [0.15, 0.2) is 0 Å². The van der Waals surface area contributed by atoms with Gasteiger partial charge in [-0.2, -0.15) is 0 Å². The average Bonchev–Trinajstić information content (AvgIpc) is 2.97. The van der Waals surface area contributed by atoms with E-state index >= 15 is 0 Å². The number of nitrogens with zero attached hydrogens (tertiary/aromatic N) is 1. The number of halogens is 1. The Morgan fingerprint density at radius 1 is 1.22 bits per heavy atom. The number of carboxylic acid groups (broad SMARTS) is 1. The molecule has 6 heteroatoms. The van der Waals surface area contributed by atoms with Gasteiger partial charge in [-0.1, -0.05) is 24.3 Å². The van der Waals surface area contributed by atoms with Gasteiger partial charge in [0.1, 0.15) is 5.75 Å². The first kappa shape index (κ1) is 15.3. The number of hydrogen-bond donors (Lipinski definition) is 1. The van der Waals surface area contributed by atoms with E-state index in [9.17, 15) is 14.0 Å². The highest BCUT2D eigenvalue weighted by atomic mass is 19.1. The number of likely N-dealkylation sites (tertiary alicyclic amines) is 1. The van der Waals surface area contributed by atoms with Crippen LogP contribution >= 0.6 is 0 Å². The molecule has 5 nitrogen and oxygen atoms in total. The maximum Gasteiger partial charge on any atom is 0.343 e. The Morgan fingerprint density at radius 2 is 1.91 bits per heavy atom. The molecule has 1 N–H and O–H groups in total. The molecular weight excluding hydrogens is 301 g/mol. The van der Waals surface area contributed by atoms with Crippen molar-refractivity contribution in [2.45, 2.75) is 12.1 Å². The van der Waals surface area contributed by atoms with Gasteiger partial charge in [-0.25, -0.2) is 9.18 Å². The van der Waals surface area contributed by atoms with Crippen LogP contribution in [-0.4, -0.2) is 47.8 Å². The van der Waals surface area contributed by atoms with E-state index in [0.29, 0.717) is 16.7 Å². The van der Waals surface area contributed by atoms with Crippen LogP contribution in [0.3, 0.4) is 0 Å². The zero-order chi connectivity index (χ0) is 16.6. The number of ether oxygens (including phenoxy) is 1. The number of alkyl halides is 1. The number of carbonyl (C=O) groups is 2. The Bertz CT molecular complexity index is 791. The van der Waals surface area contributed by atoms with E-state index in [1.165, 1.54) is 4.90 Å². The number of carboxylic acids is 1. The summed E-state index contributed by atoms with van der Waals surface area (Å²) in [6, 6.07) is 10.6. The van der Waals surface area contributed by atoms with Crippen molar-refractivity contribution in [3.63, 3.8) is 0 Å². The predicted octanol–water partition coefficient (Wildman–Crippen LogP) is 2.49. The van der Waals surface area contributed by atoms with E-state index in [1.54, 1.807) is 31.4 Å². The van der Waals surface area contributed by atoms with Crippen molar-refractivity contribution in [3.05, 3.63) is 42.0 Å². The monoisotopic (exact) mass is 317 g/mol. The molecule has 0 saturated carbocycles. The highest BCUT2D eigenvalue weighted by Gasteiger charge is 2.47. The molecule has 1 amide bonds. The second-order valence-corrected chi connectivity index (χ2v) is 5.61. The Hall–Kier alpha value is -2.63. The zero-order valence-corrected chi connectivity index (χ0v) is 12.6. The molecule has 120 valence electrons. The van der Waals surface area contributed by atoms with Crippen molar-refractivity contribution < 1.29 is 23.8 Å². The Balaban J connectivity index is 1.98. The van der Waals surface area contributed by atoms with Gasteiger partial charge in [0.2, 0.25) is 5.67 Å². The summed E-state index contributed by atoms with van der Waals surface area (Å²) in [5.74, 6) is -1.25. The minimum atomic E-state index is -2.36. The molecule has 1 aliphatic rings. The Kier molecular flexibility index (Phi) is 3.67. The van der Waals surface area contributed by atoms with Crippen molar-refractivity contribution in [3.8, 4) is 5.75 Å². The smallest absolute Gasteiger partial charge is 0.343 e. The number of rotatable bonds is 3. The third-order valence-electron chi connectivity index (χ3n) is 4.22. The van der Waals surface area contributed by atoms with Crippen LogP contribution in [-0.2, 0) is 4.79 Å². The van der Waals surface area contributed by atoms with Crippen LogP contribution < -0.4 is 4.74 Å². The lowest BCUT2D eigenvalue weighted by atomic mass is 10.0. The molecule has 0 spiro atoms. The lowest BCUT2D eigenvalue weighted by molar-refractivity contribution is -0.149. The lowest BCUT2D eigenvalue weighted by Crippen LogP contribution is -2.38. The molecule has 2 aromatic rings. The third kappa shape index (κ3) is 2.50. The van der Waals surface area contributed by atoms with Crippen LogP contribution in [0.15, 0.2) is 36.4 Å². The standard InChI is InChI=1S/C17H16FNO4/c1-23-14-7-6-13(11-4-2-3-5-12(11)14)15(20)19-9-8-17(18,10-19)16(21)22/h2-7H,8-10H2,1H3,(H,21,22). The quantitative estimate of drug-likeness (QED) is 0.944. The summed E-state index contributed by atoms with van der Waals surface area (Å²) >= 11 is 0. The second kappa shape index (κ2) is 5.53. The lowest BCUT2D eigenvalue weighted by Gasteiger charge is -2.19. The summed E-state index contributed by atoms with van der Waals surface area (Å²) < 4.78 is 19.5. The topological polar surface area (TPSA) is 66.8 Å². The van der Waals surface area contributed by atoms with Crippen molar-refractivity contribution in [1.29, 1.82) is 0 Å². The summed E-state index contributed by atoms with van der Waals surface area (Å²) in [5.41, 5.74) is -1.95. The molecule has 0 bridgehead atoms. The van der Waals surface area contributed by atoms with Crippen molar-refractivity contribution in [2.75, 3.05) is 20.2 Å². The molecule has 2 aromatic carbocycles. The normalized spacial score (nSPS) is 20.7. The summed E-state index contributed by atoms with van der Waals surface area (Å²) in [7, 11) is 1.55. The number of hydrogen-bond acceptors (Lipinski definition) is 3. The van der Waals surface area contributed by atoms with Crippen LogP contribution in [0.1, 0.15) is 16.8 Å². The Labute approximate surface area is 132 Å². The van der Waals surface area contributed by atoms with Gasteiger partial charge in [-0.3, -0.25) is 4.79 Å². The van der Waals surface area contributed by atoms with Crippen LogP contribution in [0, 0.1) is 0 Å². The van der Waals surface area contributed by atoms with E-state index in [0.717, 1.165) is 5.39 Å². The number of aliphatic carboxylic acids is 1. The first-order valence-electron chi connectivity index (χ1n) is 7.23. The summed E-state index contributed by atoms with van der Waals surface area (Å²) in [4.78, 5) is 24.9. The van der Waals surface area contributed by atoms with Gasteiger partial charge >= 0.3 is 5.97 Å². The fourth-order valence-corrected chi connectivity index (χ4v) is 2.93. The van der Waals surface area contributed by atoms with Crippen LogP contribution in [0.2, 0.25) is 0 Å². The predicted molar refractivity (Wildman–Crippen MR) is 82.5 cm³/mol. The number of carbonyl (C=O) groups excluding carboxylic acids is 1. The van der Waals surface area contributed by atoms with Crippen LogP contribution in [0.25, 0.3) is 10.8 Å². The first-order chi connectivity index (χ1) is 11.0. The molecule has 1 heterocycles. The molecule has 0 aromatic heterocycles. The largest absolute Gasteiger partial charge is 0.496 e. The maximum atomic E-state index is 14.2. The molecule has 1 aliphatic heterocycles. The number of fused-ring (bicyclic) bond motifs is 1. The average molecular weight is 317 g/mol. The van der Waals surface area contributed by atoms with E-state index in [1.807, 2.05) is 12.1 Å². The number of benzene rings is 2. The molecule has 1 fully saturated rings. The van der Waals surface area contributed by atoms with Crippen molar-refractivity contribution in [2.24, 2.45) is 0 Å². The minimum Gasteiger partial charge on any atom is -0.496 e. The van der Waals surface area contributed by atoms with Gasteiger partial charge in [0.25, 0.3) is 5.91 Å². The molecule has 0 radical (unpaired) electrons. The third-order valence-corrected chi connectivity index (χ3v) is 4.22. The molecular formula is C17H16FNO4. The highest BCUT2D eigenvalue weighted by molar-refractivity contribution is 6.08. The van der Waals surface area contributed by atoms with Crippen LogP contribution in [0.5, 0.6) is 5.75 Å². The Morgan fingerprint density at radius 3 is 2.52 bits per heavy atom. The fourth-order valence-electron chi connectivity index (χ4n) is 2.93. The SMILES string of the molecule is COc1ccc(C(=O)N2CCC(F)(C(=O)O)C2)c2ccccc12. The first-order valence-corrected chi connectivity index (χ1v) is 7.23. The van der Waals surface area contributed by atoms with E-state index in [4.69, 9.17) is 9.84 Å². The van der Waals surface area contributed by atoms with E-state index in [2.05, 4.69) is 0 Å². The van der Waals surface area contributed by atoms with Gasteiger partial charge in [-0.05, 0) is 17.5 Å². The molecule has 3 rings (SSSR count). The minimum absolute atomic E-state index is 0.0853. The number of methoxy groups -OCH3 is 1. The highest BCUT2D eigenvalue weighted by Crippen LogP contribution is 2.32. The molecule has 0 aliphatic carbocycles. The molecule has 1 unspecified atom stereocenters. The summed E-state index contributed by atoms with van der Waals surface area (Å²) in [5, 5.41) is 10.4. The van der Waals surface area contributed by atoms with Gasteiger partial charge in [0.05, 0.1) is 13.7 Å². The van der Waals surface area contributed by atoms with Gasteiger partial charge in [0, 0.05) is 23.9 Å². The molecule has 1 atom stereocenters. The zero-order valence-electron chi connectivity index (χ0n) is 12.6. The molecule has 1 saturated heterocycles. The van der Waals surface area contributed by atoms with Gasteiger partial charge < -0.3 is 14.7 Å². The van der Waals surface area contributed by atoms with E-state index < -0.39 is 18.2 Å². The second-order valence-electron chi connectivity index (χ2n) is 5.61. The summed E-state index contributed by atoms with van der Waals surface area (Å²) in [6.07, 6.45) is -0.192. The van der Waals surface area contributed by atoms with Gasteiger partial charge in [-0.15, -0.1) is 0 Å². The maximum absolute atomic E-state index is 14.2. The fraction of sp³-hybridized carbons (Fsp3) is 0.294. The molecule has 23 heavy (non-hydrogen) atoms. The van der Waals surface area contributed by atoms with E-state index in [-0.39, 0.29) is 18.9 Å².